The molecular weight excluding hydrogens is 437 g/mol. The number of H-pyrrole nitrogens is 1. The van der Waals surface area contributed by atoms with Crippen LogP contribution < -0.4 is 10.1 Å². The predicted octanol–water partition coefficient (Wildman–Crippen LogP) is 3.84. The maximum absolute atomic E-state index is 13.8. The van der Waals surface area contributed by atoms with Gasteiger partial charge in [-0.05, 0) is 42.8 Å². The molecule has 0 saturated carbocycles. The highest BCUT2D eigenvalue weighted by Crippen LogP contribution is 2.32. The molecule has 0 atom stereocenters. The highest BCUT2D eigenvalue weighted by molar-refractivity contribution is 5.96. The Morgan fingerprint density at radius 3 is 2.82 bits per heavy atom. The lowest BCUT2D eigenvalue weighted by molar-refractivity contribution is 0.0708. The van der Waals surface area contributed by atoms with Crippen molar-refractivity contribution in [1.29, 1.82) is 0 Å². The summed E-state index contributed by atoms with van der Waals surface area (Å²) in [5, 5.41) is 20.5. The zero-order valence-corrected chi connectivity index (χ0v) is 19.0. The minimum atomic E-state index is -0.350. The summed E-state index contributed by atoms with van der Waals surface area (Å²) in [6.45, 7) is 2.41. The van der Waals surface area contributed by atoms with E-state index in [-0.39, 0.29) is 31.4 Å². The Balaban J connectivity index is 1.67. The molecule has 0 aliphatic heterocycles. The highest BCUT2D eigenvalue weighted by atomic mass is 19.1. The van der Waals surface area contributed by atoms with Crippen LogP contribution >= 0.6 is 0 Å². The van der Waals surface area contributed by atoms with E-state index in [1.807, 2.05) is 6.92 Å². The standard InChI is InChI=1S/C25H26FN5O3/c1-3-34-22-12-17(7-8-20(22)16-5-4-6-19(26)11-16)25(33)31(9-10-32)15-18-13-28-24(27-2)21-14-29-30-23(18)21/h4-8,11-14,32H,3,9-10,15H2,1-2H3,(H,27,28)(H,29,30). The fraction of sp³-hybridized carbons (Fsp3) is 0.240. The van der Waals surface area contributed by atoms with E-state index in [0.717, 1.165) is 16.5 Å². The molecule has 4 aromatic rings. The van der Waals surface area contributed by atoms with Gasteiger partial charge >= 0.3 is 0 Å². The van der Waals surface area contributed by atoms with Crippen LogP contribution in [0.15, 0.2) is 54.9 Å². The van der Waals surface area contributed by atoms with Gasteiger partial charge in [-0.15, -0.1) is 0 Å². The third-order valence-electron chi connectivity index (χ3n) is 5.48. The molecule has 176 valence electrons. The van der Waals surface area contributed by atoms with Crippen molar-refractivity contribution in [3.05, 3.63) is 71.8 Å². The zero-order valence-electron chi connectivity index (χ0n) is 19.0. The number of carbonyl (C=O) groups is 1. The molecule has 2 heterocycles. The molecule has 0 aliphatic carbocycles. The van der Waals surface area contributed by atoms with Crippen LogP contribution in [0.1, 0.15) is 22.8 Å². The van der Waals surface area contributed by atoms with Crippen molar-refractivity contribution in [2.24, 2.45) is 0 Å². The van der Waals surface area contributed by atoms with Gasteiger partial charge in [0.2, 0.25) is 0 Å². The van der Waals surface area contributed by atoms with Gasteiger partial charge in [-0.25, -0.2) is 9.37 Å². The number of fused-ring (bicyclic) bond motifs is 1. The molecule has 2 aromatic carbocycles. The summed E-state index contributed by atoms with van der Waals surface area (Å²) >= 11 is 0. The molecular formula is C25H26FN5O3. The van der Waals surface area contributed by atoms with Crippen molar-refractivity contribution in [1.82, 2.24) is 20.1 Å². The molecule has 4 rings (SSSR count). The average molecular weight is 464 g/mol. The van der Waals surface area contributed by atoms with Gasteiger partial charge in [0, 0.05) is 43.0 Å². The first-order chi connectivity index (χ1) is 16.5. The van der Waals surface area contributed by atoms with Crippen LogP contribution in [0, 0.1) is 5.82 Å². The number of benzene rings is 2. The maximum atomic E-state index is 13.8. The van der Waals surface area contributed by atoms with Gasteiger partial charge in [0.05, 0.1) is 30.3 Å². The Morgan fingerprint density at radius 1 is 1.24 bits per heavy atom. The molecule has 0 spiro atoms. The van der Waals surface area contributed by atoms with Crippen LogP contribution in [-0.2, 0) is 6.54 Å². The number of hydrogen-bond acceptors (Lipinski definition) is 6. The van der Waals surface area contributed by atoms with E-state index in [9.17, 15) is 14.3 Å². The second-order valence-electron chi connectivity index (χ2n) is 7.65. The van der Waals surface area contributed by atoms with Crippen molar-refractivity contribution >= 4 is 22.6 Å². The number of pyridine rings is 1. The van der Waals surface area contributed by atoms with E-state index >= 15 is 0 Å². The summed E-state index contributed by atoms with van der Waals surface area (Å²) in [4.78, 5) is 19.4. The fourth-order valence-electron chi connectivity index (χ4n) is 3.89. The Labute approximate surface area is 196 Å². The summed E-state index contributed by atoms with van der Waals surface area (Å²) in [5.74, 6) is 0.545. The molecule has 0 radical (unpaired) electrons. The number of nitrogens with zero attached hydrogens (tertiary/aromatic N) is 3. The quantitative estimate of drug-likeness (QED) is 0.349. The first-order valence-electron chi connectivity index (χ1n) is 11.0. The van der Waals surface area contributed by atoms with Gasteiger partial charge in [0.25, 0.3) is 5.91 Å². The van der Waals surface area contributed by atoms with E-state index < -0.39 is 0 Å². The smallest absolute Gasteiger partial charge is 0.254 e. The number of rotatable bonds is 9. The Hall–Kier alpha value is -3.98. The Kier molecular flexibility index (Phi) is 7.03. The topological polar surface area (TPSA) is 103 Å². The molecule has 34 heavy (non-hydrogen) atoms. The number of anilines is 1. The summed E-state index contributed by atoms with van der Waals surface area (Å²) in [7, 11) is 1.78. The molecule has 2 aromatic heterocycles. The van der Waals surface area contributed by atoms with Crippen LogP contribution in [0.5, 0.6) is 5.75 Å². The van der Waals surface area contributed by atoms with Gasteiger partial charge in [-0.2, -0.15) is 5.10 Å². The van der Waals surface area contributed by atoms with Crippen LogP contribution in [0.2, 0.25) is 0 Å². The second-order valence-corrected chi connectivity index (χ2v) is 7.65. The first-order valence-corrected chi connectivity index (χ1v) is 11.0. The highest BCUT2D eigenvalue weighted by Gasteiger charge is 2.20. The van der Waals surface area contributed by atoms with Gasteiger partial charge in [-0.1, -0.05) is 12.1 Å². The lowest BCUT2D eigenvalue weighted by Crippen LogP contribution is -2.33. The minimum absolute atomic E-state index is 0.137. The van der Waals surface area contributed by atoms with Crippen molar-refractivity contribution in [3.63, 3.8) is 0 Å². The average Bonchev–Trinajstić information content (AvgIpc) is 3.34. The largest absolute Gasteiger partial charge is 0.493 e. The molecule has 0 fully saturated rings. The maximum Gasteiger partial charge on any atom is 0.254 e. The molecule has 0 unspecified atom stereocenters. The lowest BCUT2D eigenvalue weighted by Gasteiger charge is -2.23. The monoisotopic (exact) mass is 463 g/mol. The Bertz CT molecular complexity index is 1310. The number of ether oxygens (including phenoxy) is 1. The van der Waals surface area contributed by atoms with Crippen molar-refractivity contribution in [3.8, 4) is 16.9 Å². The normalized spacial score (nSPS) is 10.9. The fourth-order valence-corrected chi connectivity index (χ4v) is 3.89. The van der Waals surface area contributed by atoms with E-state index in [1.54, 1.807) is 54.7 Å². The van der Waals surface area contributed by atoms with Gasteiger partial charge in [0.1, 0.15) is 17.4 Å². The summed E-state index contributed by atoms with van der Waals surface area (Å²) in [5.41, 5.74) is 3.30. The number of aliphatic hydroxyl groups excluding tert-OH is 1. The van der Waals surface area contributed by atoms with E-state index in [2.05, 4.69) is 20.5 Å². The third kappa shape index (κ3) is 4.69. The predicted molar refractivity (Wildman–Crippen MR) is 128 cm³/mol. The summed E-state index contributed by atoms with van der Waals surface area (Å²) in [6.07, 6.45) is 3.36. The molecule has 0 aliphatic rings. The number of carbonyl (C=O) groups excluding carboxylic acids is 1. The van der Waals surface area contributed by atoms with E-state index in [1.165, 1.54) is 12.1 Å². The van der Waals surface area contributed by atoms with Crippen LogP contribution in [0.25, 0.3) is 22.0 Å². The van der Waals surface area contributed by atoms with Crippen molar-refractivity contribution < 1.29 is 19.0 Å². The first kappa shape index (κ1) is 23.2. The van der Waals surface area contributed by atoms with Gasteiger partial charge in [0.15, 0.2) is 0 Å². The Morgan fingerprint density at radius 2 is 2.09 bits per heavy atom. The summed E-state index contributed by atoms with van der Waals surface area (Å²) in [6, 6.07) is 11.3. The van der Waals surface area contributed by atoms with Gasteiger partial charge in [-0.3, -0.25) is 9.89 Å². The molecule has 8 nitrogen and oxygen atoms in total. The number of aromatic amines is 1. The number of aliphatic hydroxyl groups is 1. The minimum Gasteiger partial charge on any atom is -0.493 e. The van der Waals surface area contributed by atoms with E-state index in [4.69, 9.17) is 4.74 Å². The van der Waals surface area contributed by atoms with Crippen molar-refractivity contribution in [2.75, 3.05) is 32.1 Å². The zero-order chi connectivity index (χ0) is 24.1. The van der Waals surface area contributed by atoms with Crippen LogP contribution in [0.3, 0.4) is 0 Å². The number of halogens is 1. The molecule has 0 saturated heterocycles. The SMILES string of the molecule is CCOc1cc(C(=O)N(CCO)Cc2cnc(NC)c3cn[nH]c23)ccc1-c1cccc(F)c1. The number of aromatic nitrogens is 3. The van der Waals surface area contributed by atoms with Gasteiger partial charge < -0.3 is 20.1 Å². The number of amides is 1. The summed E-state index contributed by atoms with van der Waals surface area (Å²) < 4.78 is 19.5. The van der Waals surface area contributed by atoms with E-state index in [0.29, 0.717) is 34.9 Å². The number of hydrogen-bond donors (Lipinski definition) is 3. The van der Waals surface area contributed by atoms with Crippen LogP contribution in [-0.4, -0.2) is 57.9 Å². The lowest BCUT2D eigenvalue weighted by atomic mass is 10.0. The third-order valence-corrected chi connectivity index (χ3v) is 5.48. The van der Waals surface area contributed by atoms with Crippen LogP contribution in [0.4, 0.5) is 10.2 Å². The van der Waals surface area contributed by atoms with Crippen molar-refractivity contribution in [2.45, 2.75) is 13.5 Å². The molecule has 3 N–H and O–H groups in total. The molecule has 0 bridgehead atoms. The molecule has 1 amide bonds. The molecule has 9 heteroatoms. The second kappa shape index (κ2) is 10.3. The number of nitrogens with one attached hydrogen (secondary N) is 2.